The van der Waals surface area contributed by atoms with Crippen LogP contribution in [0.4, 0.5) is 0 Å². The first-order valence-electron chi connectivity index (χ1n) is 16.0. The SMILES string of the molecule is C=C[Si]1(CCC)O[Si](C=C)(CCC)O[Si](C=C)(CCC)O[Si](C=C)(CCC)O[Si](C=C)(CCC)O[Si](C=C)(CCC)O1. The molecular weight excluding hydrogens is 625 g/mol. The van der Waals surface area contributed by atoms with E-state index in [1.165, 1.54) is 0 Å². The summed E-state index contributed by atoms with van der Waals surface area (Å²) in [5.74, 6) is 0. The van der Waals surface area contributed by atoms with Crippen LogP contribution < -0.4 is 0 Å². The first kappa shape index (κ1) is 39.5. The van der Waals surface area contributed by atoms with E-state index in [1.54, 1.807) is 0 Å². The van der Waals surface area contributed by atoms with Gasteiger partial charge in [-0.1, -0.05) is 114 Å². The van der Waals surface area contributed by atoms with Crippen LogP contribution in [0.15, 0.2) is 73.7 Å². The summed E-state index contributed by atoms with van der Waals surface area (Å²) in [6, 6.07) is 4.32. The Morgan fingerprint density at radius 2 is 0.429 bits per heavy atom. The van der Waals surface area contributed by atoms with Gasteiger partial charge in [0.1, 0.15) is 0 Å². The Morgan fingerprint density at radius 3 is 0.500 bits per heavy atom. The third-order valence-corrected chi connectivity index (χ3v) is 35.0. The van der Waals surface area contributed by atoms with Gasteiger partial charge >= 0.3 is 51.4 Å². The summed E-state index contributed by atoms with van der Waals surface area (Å²) in [5.41, 5.74) is 11.5. The highest BCUT2D eigenvalue weighted by atomic mass is 28.5. The maximum absolute atomic E-state index is 7.36. The summed E-state index contributed by atoms with van der Waals surface area (Å²) in [5, 5.41) is 0. The summed E-state index contributed by atoms with van der Waals surface area (Å²) in [6.45, 7) is 38.7. The summed E-state index contributed by atoms with van der Waals surface area (Å²) in [4.78, 5) is 0. The maximum Gasteiger partial charge on any atom is 0.347 e. The van der Waals surface area contributed by atoms with Crippen molar-refractivity contribution < 1.29 is 24.7 Å². The van der Waals surface area contributed by atoms with Gasteiger partial charge in [0, 0.05) is 0 Å². The predicted octanol–water partition coefficient (Wildman–Crippen LogP) is 9.56. The van der Waals surface area contributed by atoms with Gasteiger partial charge in [-0.3, -0.25) is 0 Å². The van der Waals surface area contributed by atoms with E-state index in [-0.39, 0.29) is 0 Å². The lowest BCUT2D eigenvalue weighted by atomic mass is 10.6. The summed E-state index contributed by atoms with van der Waals surface area (Å²) in [6.07, 6.45) is 5.21. The molecule has 1 heterocycles. The van der Waals surface area contributed by atoms with Gasteiger partial charge in [0.15, 0.2) is 0 Å². The van der Waals surface area contributed by atoms with Crippen LogP contribution in [0.3, 0.4) is 0 Å². The van der Waals surface area contributed by atoms with Gasteiger partial charge < -0.3 is 24.7 Å². The van der Waals surface area contributed by atoms with Gasteiger partial charge in [-0.05, 0) is 36.3 Å². The van der Waals surface area contributed by atoms with E-state index >= 15 is 0 Å². The van der Waals surface area contributed by atoms with Crippen LogP contribution >= 0.6 is 0 Å². The quantitative estimate of drug-likeness (QED) is 0.134. The minimum absolute atomic E-state index is 0.720. The second-order valence-corrected chi connectivity index (χ2v) is 31.3. The molecule has 42 heavy (non-hydrogen) atoms. The van der Waals surface area contributed by atoms with Gasteiger partial charge in [-0.2, -0.15) is 0 Å². The van der Waals surface area contributed by atoms with Gasteiger partial charge in [0.2, 0.25) is 0 Å². The highest BCUT2D eigenvalue weighted by Crippen LogP contribution is 2.41. The fourth-order valence-electron chi connectivity index (χ4n) is 5.70. The van der Waals surface area contributed by atoms with E-state index in [2.05, 4.69) is 81.0 Å². The summed E-state index contributed by atoms with van der Waals surface area (Å²) >= 11 is 0. The van der Waals surface area contributed by atoms with E-state index in [0.717, 1.165) is 74.8 Å². The van der Waals surface area contributed by atoms with E-state index in [9.17, 15) is 0 Å². The van der Waals surface area contributed by atoms with Crippen molar-refractivity contribution >= 4 is 51.4 Å². The Bertz CT molecular complexity index is 715. The zero-order valence-electron chi connectivity index (χ0n) is 27.6. The molecule has 0 aromatic carbocycles. The Labute approximate surface area is 265 Å². The van der Waals surface area contributed by atoms with Crippen LogP contribution in [0, 0.1) is 0 Å². The molecule has 0 saturated carbocycles. The van der Waals surface area contributed by atoms with Crippen molar-refractivity contribution in [2.24, 2.45) is 0 Å². The zero-order chi connectivity index (χ0) is 32.0. The topological polar surface area (TPSA) is 55.4 Å². The molecule has 0 aliphatic carbocycles. The first-order chi connectivity index (χ1) is 20.0. The molecule has 0 aromatic heterocycles. The Balaban J connectivity index is 4.29. The van der Waals surface area contributed by atoms with Crippen molar-refractivity contribution in [2.45, 2.75) is 116 Å². The third kappa shape index (κ3) is 9.75. The van der Waals surface area contributed by atoms with Crippen LogP contribution in [-0.2, 0) is 24.7 Å². The second-order valence-electron chi connectivity index (χ2n) is 11.2. The zero-order valence-corrected chi connectivity index (χ0v) is 33.6. The lowest BCUT2D eigenvalue weighted by Gasteiger charge is -2.50. The molecular formula is C30H60O6Si6. The molecule has 240 valence electrons. The summed E-state index contributed by atoms with van der Waals surface area (Å²) < 4.78 is 44.1. The minimum atomic E-state index is -3.12. The Kier molecular flexibility index (Phi) is 16.8. The lowest BCUT2D eigenvalue weighted by molar-refractivity contribution is 0.235. The van der Waals surface area contributed by atoms with Crippen molar-refractivity contribution in [3.8, 4) is 0 Å². The molecule has 12 heteroatoms. The molecule has 1 rings (SSSR count). The van der Waals surface area contributed by atoms with Gasteiger partial charge in [0.25, 0.3) is 0 Å². The van der Waals surface area contributed by atoms with Crippen LogP contribution in [-0.4, -0.2) is 51.4 Å². The molecule has 0 atom stereocenters. The molecule has 1 fully saturated rings. The molecule has 0 spiro atoms. The normalized spacial score (nSPS) is 36.1. The van der Waals surface area contributed by atoms with Gasteiger partial charge in [0.05, 0.1) is 0 Å². The lowest BCUT2D eigenvalue weighted by Crippen LogP contribution is -2.68. The molecule has 0 N–H and O–H groups in total. The van der Waals surface area contributed by atoms with Crippen molar-refractivity contribution in [1.82, 2.24) is 0 Å². The van der Waals surface area contributed by atoms with Crippen molar-refractivity contribution in [2.75, 3.05) is 0 Å². The van der Waals surface area contributed by atoms with Crippen LogP contribution in [0.25, 0.3) is 0 Å². The number of rotatable bonds is 18. The average Bonchev–Trinajstić information content (AvgIpc) is 2.97. The molecule has 6 nitrogen and oxygen atoms in total. The smallest absolute Gasteiger partial charge is 0.347 e. The monoisotopic (exact) mass is 684 g/mol. The molecule has 1 aliphatic heterocycles. The third-order valence-electron chi connectivity index (χ3n) is 7.53. The van der Waals surface area contributed by atoms with Crippen LogP contribution in [0.5, 0.6) is 0 Å². The maximum atomic E-state index is 7.36. The van der Waals surface area contributed by atoms with E-state index in [4.69, 9.17) is 24.7 Å². The van der Waals surface area contributed by atoms with Crippen molar-refractivity contribution in [1.29, 1.82) is 0 Å². The molecule has 0 amide bonds. The van der Waals surface area contributed by atoms with E-state index in [0.29, 0.717) is 0 Å². The largest absolute Gasteiger partial charge is 0.409 e. The van der Waals surface area contributed by atoms with E-state index < -0.39 is 51.4 Å². The molecule has 0 bridgehead atoms. The first-order valence-corrected chi connectivity index (χ1v) is 28.6. The highest BCUT2D eigenvalue weighted by Gasteiger charge is 2.59. The summed E-state index contributed by atoms with van der Waals surface area (Å²) in [7, 11) is -18.7. The second kappa shape index (κ2) is 17.9. The standard InChI is InChI=1S/C30H60O6Si6/c1-13-25-37(19-7)31-38(20-8,26-14-2)33-40(22-10,28-16-4)35-42(24-12,30-18-6)36-41(23-11,29-17-5)34-39(21-9,32-37)27-15-3/h19-24H,7-18,25-30H2,1-6H3. The number of hydrogen-bond acceptors (Lipinski definition) is 6. The predicted molar refractivity (Wildman–Crippen MR) is 193 cm³/mol. The van der Waals surface area contributed by atoms with Crippen LogP contribution in [0.1, 0.15) is 80.1 Å². The molecule has 0 unspecified atom stereocenters. The Morgan fingerprint density at radius 1 is 0.310 bits per heavy atom. The van der Waals surface area contributed by atoms with Gasteiger partial charge in [-0.15, -0.1) is 39.5 Å². The average molecular weight is 685 g/mol. The molecule has 1 saturated heterocycles. The van der Waals surface area contributed by atoms with E-state index in [1.807, 2.05) is 34.2 Å². The fraction of sp³-hybridized carbons (Fsp3) is 0.600. The van der Waals surface area contributed by atoms with Crippen molar-refractivity contribution in [3.63, 3.8) is 0 Å². The highest BCUT2D eigenvalue weighted by molar-refractivity contribution is 7.00. The van der Waals surface area contributed by atoms with Gasteiger partial charge in [-0.25, -0.2) is 0 Å². The minimum Gasteiger partial charge on any atom is -0.409 e. The van der Waals surface area contributed by atoms with Crippen molar-refractivity contribution in [3.05, 3.63) is 73.7 Å². The van der Waals surface area contributed by atoms with Crippen LogP contribution in [0.2, 0.25) is 36.3 Å². The molecule has 0 radical (unpaired) electrons. The molecule has 0 aromatic rings. The molecule has 1 aliphatic rings. The Hall–Kier alpha value is -0.499. The number of hydrogen-bond donors (Lipinski definition) is 0. The fourth-order valence-corrected chi connectivity index (χ4v) is 37.3.